The Labute approximate surface area is 181 Å². The second-order valence-corrected chi connectivity index (χ2v) is 11.4. The van der Waals surface area contributed by atoms with Gasteiger partial charge in [0.1, 0.15) is 5.78 Å². The van der Waals surface area contributed by atoms with E-state index in [2.05, 4.69) is 59.4 Å². The van der Waals surface area contributed by atoms with Crippen LogP contribution in [-0.4, -0.2) is 24.1 Å². The van der Waals surface area contributed by atoms with Crippen molar-refractivity contribution in [2.75, 3.05) is 0 Å². The molecule has 0 radical (unpaired) electrons. The van der Waals surface area contributed by atoms with Crippen molar-refractivity contribution in [3.63, 3.8) is 0 Å². The third-order valence-electron chi connectivity index (χ3n) is 9.34. The maximum absolute atomic E-state index is 12.6. The molecule has 30 heavy (non-hydrogen) atoms. The van der Waals surface area contributed by atoms with E-state index in [-0.39, 0.29) is 16.6 Å². The summed E-state index contributed by atoms with van der Waals surface area (Å²) in [5.41, 5.74) is 4.25. The molecule has 1 saturated heterocycles. The van der Waals surface area contributed by atoms with Gasteiger partial charge in [0.15, 0.2) is 0 Å². The number of carbonyl (C=O) groups excluding carboxylic acids is 1. The monoisotopic (exact) mass is 406 g/mol. The van der Waals surface area contributed by atoms with E-state index in [1.165, 1.54) is 17.5 Å². The van der Waals surface area contributed by atoms with Crippen molar-refractivity contribution < 1.29 is 14.1 Å². The van der Waals surface area contributed by atoms with Gasteiger partial charge in [-0.05, 0) is 99.7 Å². The van der Waals surface area contributed by atoms with Gasteiger partial charge < -0.3 is 9.31 Å². The predicted octanol–water partition coefficient (Wildman–Crippen LogP) is 5.76. The molecule has 4 heteroatoms. The number of aryl methyl sites for hydroxylation is 1. The topological polar surface area (TPSA) is 35.5 Å². The van der Waals surface area contributed by atoms with Gasteiger partial charge in [0, 0.05) is 11.8 Å². The maximum Gasteiger partial charge on any atom is 0.494 e. The fraction of sp³-hybridized carbons (Fsp3) is 0.654. The highest BCUT2D eigenvalue weighted by molar-refractivity contribution is 6.68. The summed E-state index contributed by atoms with van der Waals surface area (Å²) < 4.78 is 12.5. The number of fused-ring (bicyclic) bond motifs is 5. The smallest absolute Gasteiger partial charge is 0.399 e. The summed E-state index contributed by atoms with van der Waals surface area (Å²) in [6, 6.07) is 6.87. The third-order valence-corrected chi connectivity index (χ3v) is 9.34. The van der Waals surface area contributed by atoms with Gasteiger partial charge in [-0.15, -0.1) is 0 Å². The Morgan fingerprint density at radius 2 is 1.73 bits per heavy atom. The Kier molecular flexibility index (Phi) is 4.48. The zero-order valence-corrected chi connectivity index (χ0v) is 19.2. The average molecular weight is 406 g/mol. The van der Waals surface area contributed by atoms with Gasteiger partial charge in [-0.3, -0.25) is 4.79 Å². The van der Waals surface area contributed by atoms with Crippen molar-refractivity contribution in [2.45, 2.75) is 90.3 Å². The summed E-state index contributed by atoms with van der Waals surface area (Å²) in [5, 5.41) is 0. The Hall–Kier alpha value is -1.39. The van der Waals surface area contributed by atoms with Crippen molar-refractivity contribution in [1.82, 2.24) is 0 Å². The highest BCUT2D eigenvalue weighted by Crippen LogP contribution is 2.59. The molecule has 3 fully saturated rings. The van der Waals surface area contributed by atoms with Crippen LogP contribution in [0, 0.1) is 17.3 Å². The maximum atomic E-state index is 12.6. The molecule has 3 unspecified atom stereocenters. The lowest BCUT2D eigenvalue weighted by molar-refractivity contribution is -0.129. The predicted molar refractivity (Wildman–Crippen MR) is 121 cm³/mol. The van der Waals surface area contributed by atoms with Crippen LogP contribution in [-0.2, 0) is 20.5 Å². The number of ketones is 1. The van der Waals surface area contributed by atoms with Gasteiger partial charge in [-0.25, -0.2) is 0 Å². The van der Waals surface area contributed by atoms with Crippen LogP contribution in [0.25, 0.3) is 5.47 Å². The van der Waals surface area contributed by atoms with Crippen LogP contribution >= 0.6 is 0 Å². The fourth-order valence-corrected chi connectivity index (χ4v) is 6.67. The molecule has 160 valence electrons. The molecule has 1 aromatic carbocycles. The van der Waals surface area contributed by atoms with E-state index < -0.39 is 7.12 Å². The molecular weight excluding hydrogens is 371 g/mol. The van der Waals surface area contributed by atoms with Crippen LogP contribution < -0.4 is 0 Å². The molecule has 0 spiro atoms. The molecule has 4 aliphatic rings. The van der Waals surface area contributed by atoms with E-state index in [9.17, 15) is 4.79 Å². The molecule has 2 saturated carbocycles. The van der Waals surface area contributed by atoms with Gasteiger partial charge >= 0.3 is 7.12 Å². The summed E-state index contributed by atoms with van der Waals surface area (Å²) in [4.78, 5) is 12.6. The van der Waals surface area contributed by atoms with Gasteiger partial charge in [-0.1, -0.05) is 31.7 Å². The Morgan fingerprint density at radius 3 is 2.43 bits per heavy atom. The quantitative estimate of drug-likeness (QED) is 0.586. The summed E-state index contributed by atoms with van der Waals surface area (Å²) in [6.07, 6.45) is 6.40. The van der Waals surface area contributed by atoms with Crippen LogP contribution in [0.4, 0.5) is 0 Å². The third kappa shape index (κ3) is 2.83. The van der Waals surface area contributed by atoms with Crippen molar-refractivity contribution in [3.8, 4) is 0 Å². The molecule has 0 aromatic heterocycles. The Morgan fingerprint density at radius 1 is 1.03 bits per heavy atom. The van der Waals surface area contributed by atoms with E-state index in [4.69, 9.17) is 9.31 Å². The first-order chi connectivity index (χ1) is 14.0. The van der Waals surface area contributed by atoms with Crippen molar-refractivity contribution in [2.24, 2.45) is 17.3 Å². The van der Waals surface area contributed by atoms with Crippen LogP contribution in [0.2, 0.25) is 0 Å². The van der Waals surface area contributed by atoms with E-state index >= 15 is 0 Å². The number of carbonyl (C=O) groups is 1. The Balaban J connectivity index is 1.39. The molecule has 4 atom stereocenters. The van der Waals surface area contributed by atoms with Crippen LogP contribution in [0.1, 0.15) is 89.3 Å². The minimum absolute atomic E-state index is 0.0519. The lowest BCUT2D eigenvalue weighted by Crippen LogP contribution is -2.42. The lowest BCUT2D eigenvalue weighted by atomic mass is 9.55. The van der Waals surface area contributed by atoms with Gasteiger partial charge in [0.2, 0.25) is 0 Å². The first kappa shape index (κ1) is 20.5. The van der Waals surface area contributed by atoms with Crippen LogP contribution in [0.15, 0.2) is 24.8 Å². The summed E-state index contributed by atoms with van der Waals surface area (Å²) in [6.45, 7) is 14.9. The van der Waals surface area contributed by atoms with Gasteiger partial charge in [0.25, 0.3) is 0 Å². The highest BCUT2D eigenvalue weighted by atomic mass is 16.7. The van der Waals surface area contributed by atoms with E-state index in [0.29, 0.717) is 23.5 Å². The first-order valence-electron chi connectivity index (χ1n) is 11.7. The SMILES string of the molecule is C=C(B1OC(C)(C)C(C)(C)O1)c1ccc2c(c1)CCC1C2CC[C@]2(C)C(=O)CCC12. The normalized spacial score (nSPS) is 36.2. The molecule has 3 nitrogen and oxygen atoms in total. The summed E-state index contributed by atoms with van der Waals surface area (Å²) in [7, 11) is -0.399. The number of benzene rings is 1. The molecule has 0 bridgehead atoms. The molecule has 0 N–H and O–H groups in total. The summed E-state index contributed by atoms with van der Waals surface area (Å²) >= 11 is 0. The van der Waals surface area contributed by atoms with Crippen molar-refractivity contribution in [1.29, 1.82) is 0 Å². The molecule has 0 amide bonds. The van der Waals surface area contributed by atoms with Crippen LogP contribution in [0.5, 0.6) is 0 Å². The van der Waals surface area contributed by atoms with Crippen molar-refractivity contribution >= 4 is 18.4 Å². The lowest BCUT2D eigenvalue weighted by Gasteiger charge is -2.48. The number of hydrogen-bond donors (Lipinski definition) is 0. The highest BCUT2D eigenvalue weighted by Gasteiger charge is 2.55. The van der Waals surface area contributed by atoms with Crippen LogP contribution in [0.3, 0.4) is 0 Å². The molecular formula is C26H35BO3. The molecule has 3 aliphatic carbocycles. The zero-order chi connectivity index (χ0) is 21.5. The molecule has 5 rings (SSSR count). The minimum atomic E-state index is -0.399. The molecule has 1 aromatic rings. The molecule has 1 aliphatic heterocycles. The second kappa shape index (κ2) is 6.56. The van der Waals surface area contributed by atoms with Crippen molar-refractivity contribution in [3.05, 3.63) is 41.5 Å². The standard InChI is InChI=1S/C26H35BO3/c1-16(27-29-24(2,3)25(4,5)30-27)17-7-9-19-18(15-17)8-10-21-20(19)13-14-26(6)22(21)11-12-23(26)28/h7,9,15,20-22H,1,8,10-14H2,2-6H3/t20?,21?,22?,26-/m0/s1. The average Bonchev–Trinajstić information content (AvgIpc) is 3.12. The largest absolute Gasteiger partial charge is 0.494 e. The zero-order valence-electron chi connectivity index (χ0n) is 19.2. The number of rotatable bonds is 2. The van der Waals surface area contributed by atoms with E-state index in [0.717, 1.165) is 43.1 Å². The Bertz CT molecular complexity index is 901. The molecule has 1 heterocycles. The fourth-order valence-electron chi connectivity index (χ4n) is 6.67. The summed E-state index contributed by atoms with van der Waals surface area (Å²) in [5.74, 6) is 2.37. The first-order valence-corrected chi connectivity index (χ1v) is 11.7. The number of hydrogen-bond acceptors (Lipinski definition) is 3. The minimum Gasteiger partial charge on any atom is -0.399 e. The number of Topliss-reactive ketones (excluding diaryl/α,β-unsaturated/α-hetero) is 1. The van der Waals surface area contributed by atoms with Gasteiger partial charge in [-0.2, -0.15) is 0 Å². The van der Waals surface area contributed by atoms with E-state index in [1.807, 2.05) is 0 Å². The van der Waals surface area contributed by atoms with Gasteiger partial charge in [0.05, 0.1) is 11.2 Å². The van der Waals surface area contributed by atoms with E-state index in [1.54, 1.807) is 0 Å². The second-order valence-electron chi connectivity index (χ2n) is 11.4.